The number of nitrogens with zero attached hydrogens (tertiary/aromatic N) is 4. The monoisotopic (exact) mass is 527 g/mol. The topological polar surface area (TPSA) is 145 Å². The van der Waals surface area contributed by atoms with Crippen LogP contribution in [0.3, 0.4) is 0 Å². The van der Waals surface area contributed by atoms with Crippen molar-refractivity contribution < 1.29 is 18.0 Å². The first-order valence-corrected chi connectivity index (χ1v) is 13.6. The van der Waals surface area contributed by atoms with Gasteiger partial charge in [0.05, 0.1) is 5.69 Å². The van der Waals surface area contributed by atoms with E-state index in [0.29, 0.717) is 36.0 Å². The summed E-state index contributed by atoms with van der Waals surface area (Å²) in [5.41, 5.74) is 2.11. The van der Waals surface area contributed by atoms with E-state index in [1.807, 2.05) is 0 Å². The molecule has 0 radical (unpaired) electrons. The van der Waals surface area contributed by atoms with Crippen LogP contribution in [-0.4, -0.2) is 83.7 Å². The number of aromatic nitrogens is 2. The third-order valence-electron chi connectivity index (χ3n) is 6.48. The number of amides is 2. The van der Waals surface area contributed by atoms with Gasteiger partial charge in [-0.3, -0.25) is 15.4 Å². The highest BCUT2D eigenvalue weighted by atomic mass is 32.2. The minimum absolute atomic E-state index is 0.000965. The molecule has 2 aromatic heterocycles. The highest BCUT2D eigenvalue weighted by Crippen LogP contribution is 2.28. The number of piperazine rings is 1. The van der Waals surface area contributed by atoms with Gasteiger partial charge >= 0.3 is 0 Å². The van der Waals surface area contributed by atoms with Gasteiger partial charge in [-0.1, -0.05) is 5.92 Å². The zero-order valence-corrected chi connectivity index (χ0v) is 21.2. The first kappa shape index (κ1) is 24.4. The average Bonchev–Trinajstić information content (AvgIpc) is 3.51. The van der Waals surface area contributed by atoms with Gasteiger partial charge in [-0.05, 0) is 24.3 Å². The van der Waals surface area contributed by atoms with Crippen molar-refractivity contribution in [1.82, 2.24) is 29.5 Å². The lowest BCUT2D eigenvalue weighted by Gasteiger charge is -2.39. The molecule has 13 heteroatoms. The molecule has 5 rings (SSSR count). The van der Waals surface area contributed by atoms with Crippen LogP contribution in [0.5, 0.6) is 0 Å². The van der Waals surface area contributed by atoms with Crippen LogP contribution in [0.25, 0.3) is 10.9 Å². The Morgan fingerprint density at radius 2 is 2.08 bits per heavy atom. The van der Waals surface area contributed by atoms with E-state index in [-0.39, 0.29) is 29.7 Å². The van der Waals surface area contributed by atoms with Gasteiger partial charge in [0.25, 0.3) is 15.9 Å². The van der Waals surface area contributed by atoms with E-state index in [1.54, 1.807) is 23.2 Å². The Morgan fingerprint density at radius 1 is 1.28 bits per heavy atom. The van der Waals surface area contributed by atoms with Crippen LogP contribution >= 0.6 is 11.3 Å². The molecule has 11 nitrogen and oxygen atoms in total. The molecule has 188 valence electrons. The second kappa shape index (κ2) is 9.30. The molecule has 2 aliphatic rings. The summed E-state index contributed by atoms with van der Waals surface area (Å²) in [4.78, 5) is 35.9. The fourth-order valence-electron chi connectivity index (χ4n) is 4.51. The molecule has 4 heterocycles. The molecule has 1 saturated heterocycles. The number of nitrogens with two attached hydrogens (primary N) is 1. The molecule has 36 heavy (non-hydrogen) atoms. The van der Waals surface area contributed by atoms with Crippen molar-refractivity contribution in [1.29, 1.82) is 0 Å². The molecule has 0 aliphatic carbocycles. The number of benzene rings is 1. The van der Waals surface area contributed by atoms with Crippen LogP contribution in [0.1, 0.15) is 25.9 Å². The summed E-state index contributed by atoms with van der Waals surface area (Å²) >= 11 is 1.26. The lowest BCUT2D eigenvalue weighted by atomic mass is 10.1. The molecule has 2 aliphatic heterocycles. The number of likely N-dealkylation sites (N-methyl/N-ethyl adjacent to an activating group) is 1. The SMILES string of the molecule is C#Cc1ccc2[nH]c(S(=O)(=O)N3CCN(C(=O)c4nc5c(s4)CN(N)CC5)C(C(=O)NC)C3)cc2c1. The second-order valence-corrected chi connectivity index (χ2v) is 11.7. The summed E-state index contributed by atoms with van der Waals surface area (Å²) < 4.78 is 28.2. The van der Waals surface area contributed by atoms with Crippen molar-refractivity contribution in [2.75, 3.05) is 33.2 Å². The fraction of sp³-hybridized carbons (Fsp3) is 0.348. The zero-order chi connectivity index (χ0) is 25.6. The maximum Gasteiger partial charge on any atom is 0.283 e. The van der Waals surface area contributed by atoms with E-state index < -0.39 is 27.9 Å². The number of rotatable bonds is 4. The predicted molar refractivity (Wildman–Crippen MR) is 134 cm³/mol. The molecule has 0 spiro atoms. The van der Waals surface area contributed by atoms with E-state index in [2.05, 4.69) is 21.2 Å². The third kappa shape index (κ3) is 4.27. The van der Waals surface area contributed by atoms with Crippen LogP contribution in [0, 0.1) is 12.3 Å². The molecule has 1 unspecified atom stereocenters. The maximum absolute atomic E-state index is 13.5. The van der Waals surface area contributed by atoms with Gasteiger partial charge in [0.1, 0.15) is 11.1 Å². The van der Waals surface area contributed by atoms with Crippen LogP contribution in [-0.2, 0) is 27.8 Å². The minimum atomic E-state index is -3.96. The van der Waals surface area contributed by atoms with Gasteiger partial charge in [-0.25, -0.2) is 18.4 Å². The number of hydrazine groups is 1. The van der Waals surface area contributed by atoms with Crippen LogP contribution in [0.2, 0.25) is 0 Å². The summed E-state index contributed by atoms with van der Waals surface area (Å²) in [5.74, 6) is 7.58. The number of nitrogens with one attached hydrogen (secondary N) is 2. The number of H-pyrrole nitrogens is 1. The number of fused-ring (bicyclic) bond motifs is 2. The summed E-state index contributed by atoms with van der Waals surface area (Å²) in [6.07, 6.45) is 6.10. The Hall–Kier alpha value is -3.28. The third-order valence-corrected chi connectivity index (χ3v) is 9.33. The summed E-state index contributed by atoms with van der Waals surface area (Å²) in [6.45, 7) is 1.07. The molecule has 0 saturated carbocycles. The summed E-state index contributed by atoms with van der Waals surface area (Å²) in [5, 5.41) is 5.17. The van der Waals surface area contributed by atoms with Gasteiger partial charge in [0.2, 0.25) is 5.91 Å². The van der Waals surface area contributed by atoms with Crippen molar-refractivity contribution in [3.63, 3.8) is 0 Å². The fourth-order valence-corrected chi connectivity index (χ4v) is 7.06. The predicted octanol–water partition coefficient (Wildman–Crippen LogP) is 0.0988. The largest absolute Gasteiger partial charge is 0.357 e. The van der Waals surface area contributed by atoms with Gasteiger partial charge in [-0.15, -0.1) is 17.8 Å². The molecular formula is C23H25N7O4S2. The molecule has 1 fully saturated rings. The van der Waals surface area contributed by atoms with Crippen molar-refractivity contribution in [3.05, 3.63) is 45.4 Å². The second-order valence-electron chi connectivity index (χ2n) is 8.68. The first-order valence-electron chi connectivity index (χ1n) is 11.3. The Morgan fingerprint density at radius 3 is 2.83 bits per heavy atom. The van der Waals surface area contributed by atoms with Crippen LogP contribution in [0.4, 0.5) is 0 Å². The number of thiazole rings is 1. The summed E-state index contributed by atoms with van der Waals surface area (Å²) in [7, 11) is -2.51. The highest BCUT2D eigenvalue weighted by molar-refractivity contribution is 7.89. The van der Waals surface area contributed by atoms with E-state index >= 15 is 0 Å². The van der Waals surface area contributed by atoms with Crippen molar-refractivity contribution in [3.8, 4) is 12.3 Å². The van der Waals surface area contributed by atoms with E-state index in [1.165, 1.54) is 33.7 Å². The Bertz CT molecular complexity index is 1500. The minimum Gasteiger partial charge on any atom is -0.357 e. The van der Waals surface area contributed by atoms with Crippen molar-refractivity contribution in [2.24, 2.45) is 5.84 Å². The highest BCUT2D eigenvalue weighted by Gasteiger charge is 2.41. The van der Waals surface area contributed by atoms with Crippen molar-refractivity contribution in [2.45, 2.75) is 24.0 Å². The lowest BCUT2D eigenvalue weighted by molar-refractivity contribution is -0.126. The zero-order valence-electron chi connectivity index (χ0n) is 19.5. The smallest absolute Gasteiger partial charge is 0.283 e. The van der Waals surface area contributed by atoms with Crippen LogP contribution < -0.4 is 11.2 Å². The molecule has 1 aromatic carbocycles. The number of carbonyl (C=O) groups is 2. The van der Waals surface area contributed by atoms with Crippen LogP contribution in [0.15, 0.2) is 29.3 Å². The number of terminal acetylenes is 1. The molecule has 3 aromatic rings. The number of hydrogen-bond donors (Lipinski definition) is 3. The Kier molecular flexibility index (Phi) is 6.31. The van der Waals surface area contributed by atoms with E-state index in [0.717, 1.165) is 10.6 Å². The van der Waals surface area contributed by atoms with E-state index in [9.17, 15) is 18.0 Å². The molecule has 0 bridgehead atoms. The average molecular weight is 528 g/mol. The van der Waals surface area contributed by atoms with Gasteiger partial charge < -0.3 is 15.2 Å². The Labute approximate surface area is 212 Å². The summed E-state index contributed by atoms with van der Waals surface area (Å²) in [6, 6.07) is 5.70. The van der Waals surface area contributed by atoms with Gasteiger partial charge in [-0.2, -0.15) is 4.31 Å². The van der Waals surface area contributed by atoms with Crippen molar-refractivity contribution >= 4 is 44.1 Å². The molecular weight excluding hydrogens is 502 g/mol. The number of aromatic amines is 1. The lowest BCUT2D eigenvalue weighted by Crippen LogP contribution is -2.61. The molecule has 4 N–H and O–H groups in total. The van der Waals surface area contributed by atoms with E-state index in [4.69, 9.17) is 12.3 Å². The van der Waals surface area contributed by atoms with Gasteiger partial charge in [0, 0.05) is 67.5 Å². The molecule has 1 atom stereocenters. The first-order chi connectivity index (χ1) is 17.2. The quantitative estimate of drug-likeness (QED) is 0.322. The maximum atomic E-state index is 13.5. The normalized spacial score (nSPS) is 19.1. The standard InChI is InChI=1S/C23H25N7O4S2/c1-3-14-4-5-16-15(10-14)11-20(26-16)36(33,34)29-8-9-30(18(12-29)21(31)25-2)23(32)22-27-17-6-7-28(24)13-19(17)35-22/h1,4-5,10-11,18,26H,6-9,12-13,24H2,2H3,(H,25,31). The molecule has 2 amide bonds. The Balaban J connectivity index is 1.40. The number of carbonyl (C=O) groups excluding carboxylic acids is 2. The van der Waals surface area contributed by atoms with Gasteiger partial charge in [0.15, 0.2) is 5.01 Å². The number of hydrogen-bond acceptors (Lipinski definition) is 8. The number of sulfonamides is 1.